The van der Waals surface area contributed by atoms with Gasteiger partial charge < -0.3 is 5.32 Å². The number of anilines is 1. The van der Waals surface area contributed by atoms with Crippen LogP contribution in [0.25, 0.3) is 0 Å². The zero-order valence-electron chi connectivity index (χ0n) is 11.4. The average Bonchev–Trinajstić information content (AvgIpc) is 2.45. The summed E-state index contributed by atoms with van der Waals surface area (Å²) in [6.45, 7) is 0.763. The van der Waals surface area contributed by atoms with Crippen molar-refractivity contribution in [3.8, 4) is 0 Å². The first-order valence-corrected chi connectivity index (χ1v) is 8.26. The van der Waals surface area contributed by atoms with Gasteiger partial charge in [-0.1, -0.05) is 30.9 Å². The summed E-state index contributed by atoms with van der Waals surface area (Å²) in [6, 6.07) is 2.69. The van der Waals surface area contributed by atoms with E-state index in [4.69, 9.17) is 11.6 Å². The zero-order chi connectivity index (χ0) is 14.6. The minimum Gasteiger partial charge on any atom is -0.368 e. The van der Waals surface area contributed by atoms with Gasteiger partial charge >= 0.3 is 0 Å². The van der Waals surface area contributed by atoms with Crippen molar-refractivity contribution in [1.29, 1.82) is 0 Å². The van der Waals surface area contributed by atoms with Gasteiger partial charge in [0.15, 0.2) is 0 Å². The molecule has 0 atom stereocenters. The standard InChI is InChI=1S/C13H18ClN3O2S/c1-20-13(5-3-2-4-6-13)9-15-12-8-10(17(18)19)7-11(14)16-12/h7-8H,2-6,9H2,1H3,(H,15,16). The molecule has 20 heavy (non-hydrogen) atoms. The second kappa shape index (κ2) is 6.63. The molecule has 0 aromatic carbocycles. The molecular weight excluding hydrogens is 298 g/mol. The molecule has 1 aromatic rings. The molecule has 5 nitrogen and oxygen atoms in total. The number of hydrogen-bond acceptors (Lipinski definition) is 5. The van der Waals surface area contributed by atoms with Crippen LogP contribution in [0, 0.1) is 10.1 Å². The fourth-order valence-corrected chi connectivity index (χ4v) is 3.70. The Morgan fingerprint density at radius 3 is 2.75 bits per heavy atom. The van der Waals surface area contributed by atoms with E-state index in [1.807, 2.05) is 11.8 Å². The van der Waals surface area contributed by atoms with Gasteiger partial charge in [-0.25, -0.2) is 4.98 Å². The Kier molecular flexibility index (Phi) is 5.10. The van der Waals surface area contributed by atoms with Crippen LogP contribution in [0.3, 0.4) is 0 Å². The summed E-state index contributed by atoms with van der Waals surface area (Å²) in [6.07, 6.45) is 8.25. The predicted molar refractivity (Wildman–Crippen MR) is 83.7 cm³/mol. The van der Waals surface area contributed by atoms with Crippen LogP contribution >= 0.6 is 23.4 Å². The van der Waals surface area contributed by atoms with Gasteiger partial charge in [0.1, 0.15) is 11.0 Å². The second-order valence-electron chi connectivity index (χ2n) is 5.09. The molecule has 0 radical (unpaired) electrons. The number of thioether (sulfide) groups is 1. The van der Waals surface area contributed by atoms with Crippen molar-refractivity contribution in [2.45, 2.75) is 36.9 Å². The molecule has 1 N–H and O–H groups in total. The first-order valence-electron chi connectivity index (χ1n) is 6.66. The van der Waals surface area contributed by atoms with E-state index < -0.39 is 4.92 Å². The molecule has 0 amide bonds. The molecule has 0 aliphatic heterocycles. The fourth-order valence-electron chi connectivity index (χ4n) is 2.58. The molecule has 110 valence electrons. The quantitative estimate of drug-likeness (QED) is 0.503. The van der Waals surface area contributed by atoms with Gasteiger partial charge in [0.25, 0.3) is 5.69 Å². The van der Waals surface area contributed by atoms with E-state index in [9.17, 15) is 10.1 Å². The van der Waals surface area contributed by atoms with Crippen LogP contribution in [-0.4, -0.2) is 27.5 Å². The number of nitrogens with one attached hydrogen (secondary N) is 1. The Morgan fingerprint density at radius 2 is 2.15 bits per heavy atom. The van der Waals surface area contributed by atoms with Crippen molar-refractivity contribution in [2.75, 3.05) is 18.1 Å². The molecule has 1 aliphatic carbocycles. The number of nitrogens with zero attached hydrogens (tertiary/aromatic N) is 2. The van der Waals surface area contributed by atoms with Crippen LogP contribution in [0.1, 0.15) is 32.1 Å². The lowest BCUT2D eigenvalue weighted by Crippen LogP contribution is -2.35. The van der Waals surface area contributed by atoms with Crippen LogP contribution in [0.2, 0.25) is 5.15 Å². The third kappa shape index (κ3) is 3.76. The Hall–Kier alpha value is -1.01. The maximum atomic E-state index is 10.8. The van der Waals surface area contributed by atoms with Gasteiger partial charge in [0, 0.05) is 11.3 Å². The van der Waals surface area contributed by atoms with Gasteiger partial charge in [-0.15, -0.1) is 0 Å². The van der Waals surface area contributed by atoms with Crippen LogP contribution < -0.4 is 5.32 Å². The molecule has 0 saturated heterocycles. The number of hydrogen-bond donors (Lipinski definition) is 1. The third-order valence-electron chi connectivity index (χ3n) is 3.78. The molecule has 0 unspecified atom stereocenters. The van der Waals surface area contributed by atoms with Crippen LogP contribution in [-0.2, 0) is 0 Å². The summed E-state index contributed by atoms with van der Waals surface area (Å²) >= 11 is 7.69. The lowest BCUT2D eigenvalue weighted by molar-refractivity contribution is -0.384. The Bertz CT molecular complexity index is 493. The normalized spacial score (nSPS) is 17.7. The minimum atomic E-state index is -0.455. The second-order valence-corrected chi connectivity index (χ2v) is 6.75. The molecule has 1 aliphatic rings. The fraction of sp³-hybridized carbons (Fsp3) is 0.615. The van der Waals surface area contributed by atoms with E-state index in [0.717, 1.165) is 6.54 Å². The highest BCUT2D eigenvalue weighted by atomic mass is 35.5. The topological polar surface area (TPSA) is 68.1 Å². The Balaban J connectivity index is 2.07. The molecule has 1 saturated carbocycles. The number of pyridine rings is 1. The predicted octanol–water partition coefficient (Wildman–Crippen LogP) is 4.12. The highest BCUT2D eigenvalue weighted by molar-refractivity contribution is 8.00. The van der Waals surface area contributed by atoms with Crippen molar-refractivity contribution in [1.82, 2.24) is 4.98 Å². The number of aromatic nitrogens is 1. The molecule has 0 bridgehead atoms. The number of rotatable bonds is 5. The lowest BCUT2D eigenvalue weighted by Gasteiger charge is -2.36. The van der Waals surface area contributed by atoms with Crippen LogP contribution in [0.5, 0.6) is 0 Å². The van der Waals surface area contributed by atoms with Crippen LogP contribution in [0.4, 0.5) is 11.5 Å². The third-order valence-corrected chi connectivity index (χ3v) is 5.39. The summed E-state index contributed by atoms with van der Waals surface area (Å²) in [5.74, 6) is 0.475. The average molecular weight is 316 g/mol. The molecular formula is C13H18ClN3O2S. The van der Waals surface area contributed by atoms with Gasteiger partial charge in [-0.2, -0.15) is 11.8 Å². The van der Waals surface area contributed by atoms with E-state index in [-0.39, 0.29) is 15.6 Å². The van der Waals surface area contributed by atoms with Gasteiger partial charge in [0.05, 0.1) is 17.1 Å². The number of nitro groups is 1. The minimum absolute atomic E-state index is 0.0330. The van der Waals surface area contributed by atoms with Crippen molar-refractivity contribution < 1.29 is 4.92 Å². The van der Waals surface area contributed by atoms with Gasteiger partial charge in [-0.05, 0) is 19.1 Å². The largest absolute Gasteiger partial charge is 0.368 e. The molecule has 1 fully saturated rings. The maximum Gasteiger partial charge on any atom is 0.276 e. The first kappa shape index (κ1) is 15.4. The molecule has 1 heterocycles. The summed E-state index contributed by atoms with van der Waals surface area (Å²) in [5.41, 5.74) is -0.0330. The van der Waals surface area contributed by atoms with E-state index >= 15 is 0 Å². The highest BCUT2D eigenvalue weighted by Crippen LogP contribution is 2.38. The zero-order valence-corrected chi connectivity index (χ0v) is 13.0. The number of halogens is 1. The van der Waals surface area contributed by atoms with Crippen molar-refractivity contribution >= 4 is 34.9 Å². The van der Waals surface area contributed by atoms with E-state index in [1.54, 1.807) is 0 Å². The van der Waals surface area contributed by atoms with Crippen LogP contribution in [0.15, 0.2) is 12.1 Å². The Morgan fingerprint density at radius 1 is 1.45 bits per heavy atom. The first-order chi connectivity index (χ1) is 9.54. The van der Waals surface area contributed by atoms with Crippen molar-refractivity contribution in [2.24, 2.45) is 0 Å². The molecule has 2 rings (SSSR count). The van der Waals surface area contributed by atoms with E-state index in [2.05, 4.69) is 16.6 Å². The summed E-state index contributed by atoms with van der Waals surface area (Å²) in [4.78, 5) is 14.5. The molecule has 1 aromatic heterocycles. The Labute approximate surface area is 127 Å². The lowest BCUT2D eigenvalue weighted by atomic mass is 9.88. The van der Waals surface area contributed by atoms with Crippen molar-refractivity contribution in [3.63, 3.8) is 0 Å². The smallest absolute Gasteiger partial charge is 0.276 e. The maximum absolute atomic E-state index is 10.8. The van der Waals surface area contributed by atoms with E-state index in [1.165, 1.54) is 44.2 Å². The van der Waals surface area contributed by atoms with Gasteiger partial charge in [0.2, 0.25) is 0 Å². The summed E-state index contributed by atoms with van der Waals surface area (Å²) in [7, 11) is 0. The summed E-state index contributed by atoms with van der Waals surface area (Å²) < 4.78 is 0.205. The SMILES string of the molecule is CSC1(CNc2cc([N+](=O)[O-])cc(Cl)n2)CCCCC1. The highest BCUT2D eigenvalue weighted by Gasteiger charge is 2.31. The van der Waals surface area contributed by atoms with E-state index in [0.29, 0.717) is 5.82 Å². The molecule has 7 heteroatoms. The molecule has 0 spiro atoms. The van der Waals surface area contributed by atoms with Gasteiger partial charge in [-0.3, -0.25) is 10.1 Å². The monoisotopic (exact) mass is 315 g/mol. The summed E-state index contributed by atoms with van der Waals surface area (Å²) in [5, 5.41) is 14.2. The van der Waals surface area contributed by atoms with Crippen molar-refractivity contribution in [3.05, 3.63) is 27.4 Å².